The molecule has 2 heterocycles. The highest BCUT2D eigenvalue weighted by atomic mass is 35.5. The van der Waals surface area contributed by atoms with Crippen molar-refractivity contribution in [3.05, 3.63) is 64.2 Å². The monoisotopic (exact) mass is 383 g/mol. The standard InChI is InChI=1S/C22H22ClNO3/c23-18-4-1-15(2-5-18)17-7-10-24(14-17)11-8-20(25)16-3-6-19-21(26)9-12-27-22(19)13-16/h1-6,13,17H,7-12,14H2. The fraction of sp³-hybridized carbons (Fsp3) is 0.364. The minimum atomic E-state index is 0.0838. The van der Waals surface area contributed by atoms with Crippen molar-refractivity contribution in [1.29, 1.82) is 0 Å². The summed E-state index contributed by atoms with van der Waals surface area (Å²) in [5.41, 5.74) is 2.52. The number of carbonyl (C=O) groups is 2. The van der Waals surface area contributed by atoms with Crippen LogP contribution in [-0.2, 0) is 0 Å². The fourth-order valence-corrected chi connectivity index (χ4v) is 4.01. The molecule has 27 heavy (non-hydrogen) atoms. The molecule has 4 rings (SSSR count). The molecule has 0 amide bonds. The first-order valence-electron chi connectivity index (χ1n) is 9.41. The summed E-state index contributed by atoms with van der Waals surface area (Å²) in [6.07, 6.45) is 1.98. The molecule has 0 bridgehead atoms. The molecule has 2 aliphatic rings. The Hall–Kier alpha value is -2.17. The number of benzene rings is 2. The van der Waals surface area contributed by atoms with Gasteiger partial charge in [0, 0.05) is 36.5 Å². The highest BCUT2D eigenvalue weighted by Gasteiger charge is 2.25. The van der Waals surface area contributed by atoms with Crippen LogP contribution in [-0.4, -0.2) is 42.7 Å². The second-order valence-corrected chi connectivity index (χ2v) is 7.68. The van der Waals surface area contributed by atoms with Gasteiger partial charge in [0.1, 0.15) is 5.75 Å². The highest BCUT2D eigenvalue weighted by molar-refractivity contribution is 6.30. The molecule has 0 spiro atoms. The van der Waals surface area contributed by atoms with E-state index in [1.54, 1.807) is 18.2 Å². The lowest BCUT2D eigenvalue weighted by Crippen LogP contribution is -2.24. The zero-order chi connectivity index (χ0) is 18.8. The van der Waals surface area contributed by atoms with Gasteiger partial charge in [0.15, 0.2) is 11.6 Å². The number of ketones is 2. The molecule has 2 aromatic rings. The third-order valence-corrected chi connectivity index (χ3v) is 5.71. The number of hydrogen-bond donors (Lipinski definition) is 0. The van der Waals surface area contributed by atoms with Crippen molar-refractivity contribution >= 4 is 23.2 Å². The molecule has 0 N–H and O–H groups in total. The van der Waals surface area contributed by atoms with Crippen LogP contribution in [0.3, 0.4) is 0 Å². The maximum Gasteiger partial charge on any atom is 0.169 e. The van der Waals surface area contributed by atoms with Crippen molar-refractivity contribution in [2.24, 2.45) is 0 Å². The topological polar surface area (TPSA) is 46.6 Å². The molecule has 5 heteroatoms. The molecular weight excluding hydrogens is 362 g/mol. The molecule has 140 valence electrons. The first-order valence-corrected chi connectivity index (χ1v) is 9.79. The Kier molecular flexibility index (Phi) is 5.28. The van der Waals surface area contributed by atoms with Crippen LogP contribution in [0.5, 0.6) is 5.75 Å². The predicted molar refractivity (Wildman–Crippen MR) is 105 cm³/mol. The lowest BCUT2D eigenvalue weighted by atomic mass is 9.99. The minimum absolute atomic E-state index is 0.0838. The van der Waals surface area contributed by atoms with Crippen LogP contribution in [0.25, 0.3) is 0 Å². The average Bonchev–Trinajstić information content (AvgIpc) is 3.15. The Bertz CT molecular complexity index is 862. The van der Waals surface area contributed by atoms with E-state index < -0.39 is 0 Å². The van der Waals surface area contributed by atoms with Gasteiger partial charge in [0.25, 0.3) is 0 Å². The van der Waals surface area contributed by atoms with Crippen LogP contribution in [0.4, 0.5) is 0 Å². The minimum Gasteiger partial charge on any atom is -0.492 e. The number of carbonyl (C=O) groups excluding carboxylic acids is 2. The maximum absolute atomic E-state index is 12.6. The van der Waals surface area contributed by atoms with Gasteiger partial charge < -0.3 is 9.64 Å². The molecule has 4 nitrogen and oxygen atoms in total. The Morgan fingerprint density at radius 3 is 2.81 bits per heavy atom. The number of ether oxygens (including phenoxy) is 1. The maximum atomic E-state index is 12.6. The second-order valence-electron chi connectivity index (χ2n) is 7.24. The highest BCUT2D eigenvalue weighted by Crippen LogP contribution is 2.29. The first-order chi connectivity index (χ1) is 13.1. The number of nitrogens with zero attached hydrogens (tertiary/aromatic N) is 1. The summed E-state index contributed by atoms with van der Waals surface area (Å²) in [7, 11) is 0. The van der Waals surface area contributed by atoms with E-state index in [0.29, 0.717) is 42.2 Å². The lowest BCUT2D eigenvalue weighted by molar-refractivity contribution is 0.0927. The quantitative estimate of drug-likeness (QED) is 0.719. The smallest absolute Gasteiger partial charge is 0.169 e. The number of halogens is 1. The zero-order valence-corrected chi connectivity index (χ0v) is 15.9. The third-order valence-electron chi connectivity index (χ3n) is 5.46. The summed E-state index contributed by atoms with van der Waals surface area (Å²) in [5.74, 6) is 1.22. The summed E-state index contributed by atoms with van der Waals surface area (Å²) in [5, 5.41) is 0.759. The third kappa shape index (κ3) is 4.07. The summed E-state index contributed by atoms with van der Waals surface area (Å²) in [4.78, 5) is 26.8. The van der Waals surface area contributed by atoms with Crippen molar-refractivity contribution in [2.75, 3.05) is 26.2 Å². The fourth-order valence-electron chi connectivity index (χ4n) is 3.88. The number of fused-ring (bicyclic) bond motifs is 1. The van der Waals surface area contributed by atoms with Gasteiger partial charge >= 0.3 is 0 Å². The van der Waals surface area contributed by atoms with Gasteiger partial charge in [0.05, 0.1) is 12.2 Å². The van der Waals surface area contributed by atoms with Crippen LogP contribution in [0.15, 0.2) is 42.5 Å². The molecule has 0 radical (unpaired) electrons. The van der Waals surface area contributed by atoms with Crippen molar-refractivity contribution < 1.29 is 14.3 Å². The van der Waals surface area contributed by atoms with Gasteiger partial charge in [-0.3, -0.25) is 9.59 Å². The van der Waals surface area contributed by atoms with Gasteiger partial charge in [-0.05, 0) is 48.7 Å². The van der Waals surface area contributed by atoms with Gasteiger partial charge in [-0.1, -0.05) is 29.8 Å². The summed E-state index contributed by atoms with van der Waals surface area (Å²) < 4.78 is 5.54. The summed E-state index contributed by atoms with van der Waals surface area (Å²) in [6, 6.07) is 13.2. The van der Waals surface area contributed by atoms with Crippen LogP contribution in [0, 0.1) is 0 Å². The van der Waals surface area contributed by atoms with E-state index in [4.69, 9.17) is 16.3 Å². The Morgan fingerprint density at radius 1 is 1.19 bits per heavy atom. The van der Waals surface area contributed by atoms with Crippen LogP contribution in [0.2, 0.25) is 5.02 Å². The normalized spacial score (nSPS) is 19.6. The van der Waals surface area contributed by atoms with Crippen LogP contribution < -0.4 is 4.74 Å². The average molecular weight is 384 g/mol. The second kappa shape index (κ2) is 7.83. The molecule has 1 saturated heterocycles. The molecule has 1 atom stereocenters. The van der Waals surface area contributed by atoms with Crippen molar-refractivity contribution in [2.45, 2.75) is 25.2 Å². The molecule has 2 aromatic carbocycles. The molecule has 0 aromatic heterocycles. The zero-order valence-electron chi connectivity index (χ0n) is 15.1. The van der Waals surface area contributed by atoms with E-state index in [9.17, 15) is 9.59 Å². The number of rotatable bonds is 5. The van der Waals surface area contributed by atoms with E-state index in [1.807, 2.05) is 12.1 Å². The van der Waals surface area contributed by atoms with Gasteiger partial charge in [-0.25, -0.2) is 0 Å². The SMILES string of the molecule is O=C(CCN1CCC(c2ccc(Cl)cc2)C1)c1ccc2c(c1)OCCC2=O. The van der Waals surface area contributed by atoms with Crippen LogP contribution >= 0.6 is 11.6 Å². The van der Waals surface area contributed by atoms with E-state index in [1.165, 1.54) is 5.56 Å². The van der Waals surface area contributed by atoms with Gasteiger partial charge in [0.2, 0.25) is 0 Å². The Balaban J connectivity index is 1.33. The van der Waals surface area contributed by atoms with Crippen molar-refractivity contribution in [1.82, 2.24) is 4.90 Å². The summed E-state index contributed by atoms with van der Waals surface area (Å²) >= 11 is 5.97. The molecule has 1 fully saturated rings. The predicted octanol–water partition coefficient (Wildman–Crippen LogP) is 4.37. The summed E-state index contributed by atoms with van der Waals surface area (Å²) in [6.45, 7) is 3.11. The Labute approximate surface area is 164 Å². The van der Waals surface area contributed by atoms with E-state index in [2.05, 4.69) is 17.0 Å². The van der Waals surface area contributed by atoms with Gasteiger partial charge in [-0.15, -0.1) is 0 Å². The first kappa shape index (κ1) is 18.2. The van der Waals surface area contributed by atoms with E-state index >= 15 is 0 Å². The largest absolute Gasteiger partial charge is 0.492 e. The van der Waals surface area contributed by atoms with Crippen LogP contribution in [0.1, 0.15) is 51.5 Å². The molecule has 0 saturated carbocycles. The molecular formula is C22H22ClNO3. The molecule has 0 aliphatic carbocycles. The lowest BCUT2D eigenvalue weighted by Gasteiger charge is -2.18. The van der Waals surface area contributed by atoms with Crippen molar-refractivity contribution in [3.63, 3.8) is 0 Å². The number of Topliss-reactive ketones (excluding diaryl/α,β-unsaturated/α-hetero) is 2. The number of likely N-dealkylation sites (tertiary alicyclic amines) is 1. The van der Waals surface area contributed by atoms with Gasteiger partial charge in [-0.2, -0.15) is 0 Å². The van der Waals surface area contributed by atoms with E-state index in [-0.39, 0.29) is 11.6 Å². The Morgan fingerprint density at radius 2 is 2.00 bits per heavy atom. The van der Waals surface area contributed by atoms with Crippen molar-refractivity contribution in [3.8, 4) is 5.75 Å². The number of hydrogen-bond acceptors (Lipinski definition) is 4. The molecule has 2 aliphatic heterocycles. The molecule has 1 unspecified atom stereocenters. The van der Waals surface area contributed by atoms with E-state index in [0.717, 1.165) is 31.1 Å².